The van der Waals surface area contributed by atoms with Crippen molar-refractivity contribution in [2.24, 2.45) is 5.92 Å². The Kier molecular flexibility index (Phi) is 6.44. The average molecular weight is 317 g/mol. The van der Waals surface area contributed by atoms with E-state index in [1.54, 1.807) is 24.3 Å². The number of carbonyl (C=O) groups is 2. The predicted octanol–water partition coefficient (Wildman–Crippen LogP) is 4.13. The summed E-state index contributed by atoms with van der Waals surface area (Å²) in [5.41, 5.74) is 1.46. The zero-order valence-electron chi connectivity index (χ0n) is 14.0. The monoisotopic (exact) mass is 317 g/mol. The van der Waals surface area contributed by atoms with Gasteiger partial charge in [0.2, 0.25) is 5.91 Å². The zero-order valence-corrected chi connectivity index (χ0v) is 14.0. The maximum Gasteiger partial charge on any atom is 0.319 e. The molecule has 0 aromatic heterocycles. The predicted molar refractivity (Wildman–Crippen MR) is 93.6 cm³/mol. The molecule has 1 saturated carbocycles. The molecule has 2 rings (SSSR count). The van der Waals surface area contributed by atoms with Crippen molar-refractivity contribution in [3.63, 3.8) is 0 Å². The SMILES string of the molecule is CC(C)C(=O)Nc1ccc(NC(=O)NC2CCCCCC2)cc1. The van der Waals surface area contributed by atoms with Crippen LogP contribution in [-0.2, 0) is 4.79 Å². The van der Waals surface area contributed by atoms with Crippen LogP contribution in [0.3, 0.4) is 0 Å². The van der Waals surface area contributed by atoms with Crippen LogP contribution in [0, 0.1) is 5.92 Å². The minimum atomic E-state index is -0.157. The zero-order chi connectivity index (χ0) is 16.7. The fraction of sp³-hybridized carbons (Fsp3) is 0.556. The molecule has 0 heterocycles. The van der Waals surface area contributed by atoms with Crippen LogP contribution < -0.4 is 16.0 Å². The summed E-state index contributed by atoms with van der Waals surface area (Å²) in [6, 6.07) is 7.30. The van der Waals surface area contributed by atoms with Crippen molar-refractivity contribution in [1.82, 2.24) is 5.32 Å². The van der Waals surface area contributed by atoms with E-state index in [2.05, 4.69) is 16.0 Å². The number of benzene rings is 1. The van der Waals surface area contributed by atoms with Gasteiger partial charge in [-0.05, 0) is 37.1 Å². The number of hydrogen-bond acceptors (Lipinski definition) is 2. The minimum Gasteiger partial charge on any atom is -0.335 e. The average Bonchev–Trinajstić information content (AvgIpc) is 2.77. The third kappa shape index (κ3) is 5.93. The Morgan fingerprint density at radius 1 is 0.913 bits per heavy atom. The van der Waals surface area contributed by atoms with E-state index in [0.29, 0.717) is 0 Å². The van der Waals surface area contributed by atoms with Crippen molar-refractivity contribution in [3.8, 4) is 0 Å². The van der Waals surface area contributed by atoms with Gasteiger partial charge in [0.25, 0.3) is 0 Å². The van der Waals surface area contributed by atoms with Crippen molar-refractivity contribution in [3.05, 3.63) is 24.3 Å². The summed E-state index contributed by atoms with van der Waals surface area (Å²) in [6.45, 7) is 3.70. The van der Waals surface area contributed by atoms with Gasteiger partial charge in [-0.15, -0.1) is 0 Å². The van der Waals surface area contributed by atoms with Gasteiger partial charge in [-0.1, -0.05) is 39.5 Å². The van der Waals surface area contributed by atoms with Crippen molar-refractivity contribution >= 4 is 23.3 Å². The molecular formula is C18H27N3O2. The first-order chi connectivity index (χ1) is 11.0. The first-order valence-electron chi connectivity index (χ1n) is 8.53. The summed E-state index contributed by atoms with van der Waals surface area (Å²) in [7, 11) is 0. The Morgan fingerprint density at radius 2 is 1.43 bits per heavy atom. The molecule has 0 bridgehead atoms. The summed E-state index contributed by atoms with van der Waals surface area (Å²) in [6.07, 6.45) is 7.04. The molecule has 5 nitrogen and oxygen atoms in total. The second kappa shape index (κ2) is 8.56. The number of anilines is 2. The fourth-order valence-electron chi connectivity index (χ4n) is 2.70. The summed E-state index contributed by atoms with van der Waals surface area (Å²) in [5.74, 6) is -0.0741. The summed E-state index contributed by atoms with van der Waals surface area (Å²) in [4.78, 5) is 23.7. The van der Waals surface area contributed by atoms with Crippen LogP contribution in [0.1, 0.15) is 52.4 Å². The number of rotatable bonds is 4. The maximum atomic E-state index is 12.1. The van der Waals surface area contributed by atoms with Crippen LogP contribution >= 0.6 is 0 Å². The molecule has 1 aliphatic carbocycles. The molecule has 3 N–H and O–H groups in total. The van der Waals surface area contributed by atoms with Crippen LogP contribution in [-0.4, -0.2) is 18.0 Å². The molecular weight excluding hydrogens is 290 g/mol. The first-order valence-corrected chi connectivity index (χ1v) is 8.53. The van der Waals surface area contributed by atoms with Crippen LogP contribution in [0.4, 0.5) is 16.2 Å². The van der Waals surface area contributed by atoms with Gasteiger partial charge in [0.15, 0.2) is 0 Å². The van der Waals surface area contributed by atoms with E-state index in [9.17, 15) is 9.59 Å². The van der Waals surface area contributed by atoms with E-state index < -0.39 is 0 Å². The topological polar surface area (TPSA) is 70.2 Å². The van der Waals surface area contributed by atoms with E-state index in [1.807, 2.05) is 13.8 Å². The van der Waals surface area contributed by atoms with Crippen LogP contribution in [0.2, 0.25) is 0 Å². The highest BCUT2D eigenvalue weighted by atomic mass is 16.2. The molecule has 0 radical (unpaired) electrons. The van der Waals surface area contributed by atoms with Crippen molar-refractivity contribution in [1.29, 1.82) is 0 Å². The maximum absolute atomic E-state index is 12.1. The van der Waals surface area contributed by atoms with E-state index >= 15 is 0 Å². The molecule has 1 aromatic carbocycles. The Bertz CT molecular complexity index is 518. The van der Waals surface area contributed by atoms with Crippen LogP contribution in [0.5, 0.6) is 0 Å². The van der Waals surface area contributed by atoms with Gasteiger partial charge in [0.1, 0.15) is 0 Å². The van der Waals surface area contributed by atoms with Gasteiger partial charge in [-0.3, -0.25) is 4.79 Å². The van der Waals surface area contributed by atoms with Crippen molar-refractivity contribution in [2.75, 3.05) is 10.6 Å². The highest BCUT2D eigenvalue weighted by Crippen LogP contribution is 2.18. The van der Waals surface area contributed by atoms with E-state index in [0.717, 1.165) is 24.2 Å². The number of amides is 3. The van der Waals surface area contributed by atoms with Gasteiger partial charge in [0.05, 0.1) is 0 Å². The third-order valence-corrected chi connectivity index (χ3v) is 4.13. The smallest absolute Gasteiger partial charge is 0.319 e. The molecule has 23 heavy (non-hydrogen) atoms. The van der Waals surface area contributed by atoms with Gasteiger partial charge in [-0.2, -0.15) is 0 Å². The molecule has 1 aromatic rings. The molecule has 0 atom stereocenters. The lowest BCUT2D eigenvalue weighted by atomic mass is 10.1. The molecule has 0 aliphatic heterocycles. The van der Waals surface area contributed by atoms with E-state index in [-0.39, 0.29) is 23.9 Å². The van der Waals surface area contributed by atoms with E-state index in [4.69, 9.17) is 0 Å². The molecule has 3 amide bonds. The second-order valence-electron chi connectivity index (χ2n) is 6.51. The van der Waals surface area contributed by atoms with Crippen molar-refractivity contribution < 1.29 is 9.59 Å². The summed E-state index contributed by atoms with van der Waals surface area (Å²) >= 11 is 0. The minimum absolute atomic E-state index is 0.0168. The molecule has 126 valence electrons. The van der Waals surface area contributed by atoms with Gasteiger partial charge in [-0.25, -0.2) is 4.79 Å². The van der Waals surface area contributed by atoms with Gasteiger partial charge in [0, 0.05) is 23.3 Å². The lowest BCUT2D eigenvalue weighted by molar-refractivity contribution is -0.118. The lowest BCUT2D eigenvalue weighted by Gasteiger charge is -2.17. The first kappa shape index (κ1) is 17.3. The Balaban J connectivity index is 1.82. The molecule has 0 spiro atoms. The normalized spacial score (nSPS) is 15.8. The van der Waals surface area contributed by atoms with Crippen LogP contribution in [0.25, 0.3) is 0 Å². The Labute approximate surface area is 138 Å². The Hall–Kier alpha value is -2.04. The highest BCUT2D eigenvalue weighted by molar-refractivity contribution is 5.93. The van der Waals surface area contributed by atoms with E-state index in [1.165, 1.54) is 25.7 Å². The van der Waals surface area contributed by atoms with Crippen LogP contribution in [0.15, 0.2) is 24.3 Å². The number of carbonyl (C=O) groups excluding carboxylic acids is 2. The molecule has 1 aliphatic rings. The second-order valence-corrected chi connectivity index (χ2v) is 6.51. The highest BCUT2D eigenvalue weighted by Gasteiger charge is 2.14. The summed E-state index contributed by atoms with van der Waals surface area (Å²) < 4.78 is 0. The summed E-state index contributed by atoms with van der Waals surface area (Å²) in [5, 5.41) is 8.73. The molecule has 0 unspecified atom stereocenters. The fourth-order valence-corrected chi connectivity index (χ4v) is 2.70. The van der Waals surface area contributed by atoms with Crippen molar-refractivity contribution in [2.45, 2.75) is 58.4 Å². The quantitative estimate of drug-likeness (QED) is 0.731. The van der Waals surface area contributed by atoms with Gasteiger partial charge >= 0.3 is 6.03 Å². The molecule has 5 heteroatoms. The molecule has 1 fully saturated rings. The molecule has 0 saturated heterocycles. The lowest BCUT2D eigenvalue weighted by Crippen LogP contribution is -2.37. The van der Waals surface area contributed by atoms with Gasteiger partial charge < -0.3 is 16.0 Å². The Morgan fingerprint density at radius 3 is 1.96 bits per heavy atom. The standard InChI is InChI=1S/C18H27N3O2/c1-13(2)17(22)19-15-9-11-16(12-10-15)21-18(23)20-14-7-5-3-4-6-8-14/h9-14H,3-8H2,1-2H3,(H,19,22)(H2,20,21,23). The largest absolute Gasteiger partial charge is 0.335 e. The third-order valence-electron chi connectivity index (χ3n) is 4.13. The number of urea groups is 1. The number of hydrogen-bond donors (Lipinski definition) is 3. The number of nitrogens with one attached hydrogen (secondary N) is 3.